The lowest BCUT2D eigenvalue weighted by Crippen LogP contribution is -2.16. The fraction of sp³-hybridized carbons (Fsp3) is 0.200. The Morgan fingerprint density at radius 3 is 2.26 bits per heavy atom. The van der Waals surface area contributed by atoms with Crippen molar-refractivity contribution in [2.24, 2.45) is 0 Å². The second-order valence-corrected chi connectivity index (χ2v) is 7.84. The van der Waals surface area contributed by atoms with Gasteiger partial charge in [0.2, 0.25) is 0 Å². The van der Waals surface area contributed by atoms with Crippen LogP contribution >= 0.6 is 11.3 Å². The van der Waals surface area contributed by atoms with E-state index in [2.05, 4.69) is 69.3 Å². The molecule has 3 heteroatoms. The molecule has 0 bridgehead atoms. The average molecular weight is 318 g/mol. The minimum Gasteiger partial charge on any atom is -0.231 e. The predicted molar refractivity (Wildman–Crippen MR) is 99.1 cm³/mol. The molecule has 2 nitrogen and oxygen atoms in total. The van der Waals surface area contributed by atoms with E-state index < -0.39 is 0 Å². The van der Waals surface area contributed by atoms with Crippen molar-refractivity contribution in [1.82, 2.24) is 9.97 Å². The van der Waals surface area contributed by atoms with Crippen LogP contribution in [0, 0.1) is 0 Å². The normalized spacial score (nSPS) is 12.1. The number of nitrogens with zero attached hydrogens (tertiary/aromatic N) is 2. The summed E-state index contributed by atoms with van der Waals surface area (Å²) in [5.41, 5.74) is 3.18. The summed E-state index contributed by atoms with van der Waals surface area (Å²) in [5.74, 6) is 0.896. The Morgan fingerprint density at radius 1 is 0.826 bits per heavy atom. The Hall–Kier alpha value is -2.26. The van der Waals surface area contributed by atoms with Crippen LogP contribution in [-0.2, 0) is 5.41 Å². The van der Waals surface area contributed by atoms with E-state index in [1.807, 2.05) is 6.07 Å². The van der Waals surface area contributed by atoms with E-state index >= 15 is 0 Å². The zero-order chi connectivity index (χ0) is 16.0. The van der Waals surface area contributed by atoms with Crippen molar-refractivity contribution in [3.8, 4) is 11.3 Å². The van der Waals surface area contributed by atoms with Gasteiger partial charge in [-0.1, -0.05) is 69.3 Å². The molecule has 0 radical (unpaired) electrons. The maximum absolute atomic E-state index is 4.94. The van der Waals surface area contributed by atoms with Gasteiger partial charge < -0.3 is 0 Å². The van der Waals surface area contributed by atoms with E-state index in [-0.39, 0.29) is 5.41 Å². The topological polar surface area (TPSA) is 25.8 Å². The molecule has 114 valence electrons. The van der Waals surface area contributed by atoms with E-state index in [9.17, 15) is 0 Å². The van der Waals surface area contributed by atoms with E-state index in [1.54, 1.807) is 11.3 Å². The van der Waals surface area contributed by atoms with Crippen molar-refractivity contribution < 1.29 is 0 Å². The molecule has 4 aromatic rings. The minimum atomic E-state index is -0.0826. The Balaban J connectivity index is 2.15. The van der Waals surface area contributed by atoms with Crippen LogP contribution in [0.25, 0.3) is 31.6 Å². The first kappa shape index (κ1) is 14.3. The molecular weight excluding hydrogens is 300 g/mol. The highest BCUT2D eigenvalue weighted by molar-refractivity contribution is 7.26. The number of benzene rings is 2. The number of hydrogen-bond donors (Lipinski definition) is 0. The van der Waals surface area contributed by atoms with Gasteiger partial charge in [-0.05, 0) is 6.07 Å². The Morgan fingerprint density at radius 2 is 1.52 bits per heavy atom. The monoisotopic (exact) mass is 318 g/mol. The standard InChI is InChI=1S/C20H18N2S/c1-20(2,3)19-21-16(13-9-5-4-6-10-13)18-17(22-19)14-11-7-8-12-15(14)23-18/h4-12H,1-3H3. The van der Waals surface area contributed by atoms with Gasteiger partial charge in [0.25, 0.3) is 0 Å². The van der Waals surface area contributed by atoms with Crippen molar-refractivity contribution in [3.05, 3.63) is 60.4 Å². The van der Waals surface area contributed by atoms with Gasteiger partial charge in [-0.15, -0.1) is 11.3 Å². The zero-order valence-corrected chi connectivity index (χ0v) is 14.3. The molecule has 0 atom stereocenters. The first-order valence-electron chi connectivity index (χ1n) is 7.79. The maximum Gasteiger partial charge on any atom is 0.135 e. The highest BCUT2D eigenvalue weighted by atomic mass is 32.1. The lowest BCUT2D eigenvalue weighted by molar-refractivity contribution is 0.549. The number of aromatic nitrogens is 2. The summed E-state index contributed by atoms with van der Waals surface area (Å²) < 4.78 is 2.44. The van der Waals surface area contributed by atoms with Crippen molar-refractivity contribution in [2.75, 3.05) is 0 Å². The van der Waals surface area contributed by atoms with Gasteiger partial charge in [0, 0.05) is 21.1 Å². The van der Waals surface area contributed by atoms with Crippen molar-refractivity contribution in [3.63, 3.8) is 0 Å². The first-order chi connectivity index (χ1) is 11.0. The molecule has 0 aliphatic rings. The van der Waals surface area contributed by atoms with Crippen molar-refractivity contribution in [1.29, 1.82) is 0 Å². The van der Waals surface area contributed by atoms with Crippen LogP contribution < -0.4 is 0 Å². The summed E-state index contributed by atoms with van der Waals surface area (Å²) in [4.78, 5) is 9.86. The molecule has 0 unspecified atom stereocenters. The molecule has 0 amide bonds. The second-order valence-electron chi connectivity index (χ2n) is 6.79. The fourth-order valence-corrected chi connectivity index (χ4v) is 3.87. The average Bonchev–Trinajstić information content (AvgIpc) is 2.92. The highest BCUT2D eigenvalue weighted by Crippen LogP contribution is 2.39. The van der Waals surface area contributed by atoms with Gasteiger partial charge in [0.15, 0.2) is 0 Å². The number of fused-ring (bicyclic) bond motifs is 3. The highest BCUT2D eigenvalue weighted by Gasteiger charge is 2.22. The van der Waals surface area contributed by atoms with E-state index in [0.29, 0.717) is 0 Å². The van der Waals surface area contributed by atoms with Crippen LogP contribution in [0.1, 0.15) is 26.6 Å². The third-order valence-corrected chi connectivity index (χ3v) is 5.10. The molecule has 0 fully saturated rings. The molecule has 2 heterocycles. The Kier molecular flexibility index (Phi) is 3.20. The molecule has 0 spiro atoms. The van der Waals surface area contributed by atoms with Gasteiger partial charge in [-0.2, -0.15) is 0 Å². The van der Waals surface area contributed by atoms with E-state index in [0.717, 1.165) is 22.6 Å². The van der Waals surface area contributed by atoms with Crippen molar-refractivity contribution >= 4 is 31.6 Å². The lowest BCUT2D eigenvalue weighted by Gasteiger charge is -2.18. The van der Waals surface area contributed by atoms with Gasteiger partial charge >= 0.3 is 0 Å². The third kappa shape index (κ3) is 2.41. The predicted octanol–water partition coefficient (Wildman–Crippen LogP) is 5.81. The van der Waals surface area contributed by atoms with Crippen LogP contribution in [0.15, 0.2) is 54.6 Å². The molecule has 0 N–H and O–H groups in total. The molecule has 2 aromatic heterocycles. The number of thiophene rings is 1. The summed E-state index contributed by atoms with van der Waals surface area (Å²) in [7, 11) is 0. The minimum absolute atomic E-state index is 0.0826. The fourth-order valence-electron chi connectivity index (χ4n) is 2.72. The summed E-state index contributed by atoms with van der Waals surface area (Å²) in [5, 5.41) is 1.22. The Labute approximate surface area is 139 Å². The maximum atomic E-state index is 4.94. The Bertz CT molecular complexity index is 995. The third-order valence-electron chi connectivity index (χ3n) is 3.94. The molecule has 0 aliphatic carbocycles. The quantitative estimate of drug-likeness (QED) is 0.442. The SMILES string of the molecule is CC(C)(C)c1nc(-c2ccccc2)c2sc3ccccc3c2n1. The van der Waals surface area contributed by atoms with Crippen LogP contribution in [0.3, 0.4) is 0 Å². The molecule has 0 saturated heterocycles. The van der Waals surface area contributed by atoms with Gasteiger partial charge in [0.1, 0.15) is 5.82 Å². The van der Waals surface area contributed by atoms with Crippen LogP contribution in [0.2, 0.25) is 0 Å². The summed E-state index contributed by atoms with van der Waals surface area (Å²) in [6.45, 7) is 6.49. The zero-order valence-electron chi connectivity index (χ0n) is 13.5. The molecule has 0 saturated carbocycles. The van der Waals surface area contributed by atoms with Gasteiger partial charge in [0.05, 0.1) is 15.9 Å². The molecule has 0 aliphatic heterocycles. The molecule has 2 aromatic carbocycles. The van der Waals surface area contributed by atoms with Crippen LogP contribution in [0.5, 0.6) is 0 Å². The van der Waals surface area contributed by atoms with Gasteiger partial charge in [-0.25, -0.2) is 9.97 Å². The summed E-state index contributed by atoms with van der Waals surface area (Å²) in [6.07, 6.45) is 0. The van der Waals surface area contributed by atoms with Crippen LogP contribution in [0.4, 0.5) is 0 Å². The van der Waals surface area contributed by atoms with Crippen molar-refractivity contribution in [2.45, 2.75) is 26.2 Å². The first-order valence-corrected chi connectivity index (χ1v) is 8.61. The summed E-state index contributed by atoms with van der Waals surface area (Å²) in [6, 6.07) is 18.9. The largest absolute Gasteiger partial charge is 0.231 e. The van der Waals surface area contributed by atoms with E-state index in [1.165, 1.54) is 14.8 Å². The smallest absolute Gasteiger partial charge is 0.135 e. The summed E-state index contributed by atoms with van der Waals surface area (Å²) >= 11 is 1.78. The molecule has 4 rings (SSSR count). The number of hydrogen-bond acceptors (Lipinski definition) is 3. The van der Waals surface area contributed by atoms with E-state index in [4.69, 9.17) is 9.97 Å². The van der Waals surface area contributed by atoms with Gasteiger partial charge in [-0.3, -0.25) is 0 Å². The lowest BCUT2D eigenvalue weighted by atomic mass is 9.95. The molecule has 23 heavy (non-hydrogen) atoms. The number of rotatable bonds is 1. The van der Waals surface area contributed by atoms with Crippen LogP contribution in [-0.4, -0.2) is 9.97 Å². The second kappa shape index (κ2) is 5.14. The molecular formula is C20H18N2S.